The highest BCUT2D eigenvalue weighted by Crippen LogP contribution is 2.36. The molecule has 5 heteroatoms. The van der Waals surface area contributed by atoms with E-state index in [9.17, 15) is 20.4 Å². The number of hydrogen-bond acceptors (Lipinski definition) is 5. The van der Waals surface area contributed by atoms with Crippen LogP contribution in [0.2, 0.25) is 0 Å². The maximum absolute atomic E-state index is 10.2. The highest BCUT2D eigenvalue weighted by molar-refractivity contribution is 5.06. The van der Waals surface area contributed by atoms with Crippen molar-refractivity contribution in [3.05, 3.63) is 24.3 Å². The van der Waals surface area contributed by atoms with E-state index < -0.39 is 24.4 Å². The third-order valence-electron chi connectivity index (χ3n) is 5.03. The van der Waals surface area contributed by atoms with Crippen LogP contribution in [0.5, 0.6) is 0 Å². The van der Waals surface area contributed by atoms with Gasteiger partial charge in [0.25, 0.3) is 0 Å². The van der Waals surface area contributed by atoms with Gasteiger partial charge < -0.3 is 25.5 Å². The zero-order valence-electron chi connectivity index (χ0n) is 15.4. The molecule has 0 bridgehead atoms. The first-order valence-corrected chi connectivity index (χ1v) is 9.66. The summed E-state index contributed by atoms with van der Waals surface area (Å²) in [5.41, 5.74) is 0. The first-order valence-electron chi connectivity index (χ1n) is 9.66. The Bertz CT molecular complexity index is 396. The molecular formula is C20H36O5. The number of hydrogen-bond donors (Lipinski definition) is 5. The molecule has 1 unspecified atom stereocenters. The van der Waals surface area contributed by atoms with Crippen molar-refractivity contribution in [1.82, 2.24) is 0 Å². The summed E-state index contributed by atoms with van der Waals surface area (Å²) in [7, 11) is 0. The highest BCUT2D eigenvalue weighted by Gasteiger charge is 2.39. The Kier molecular flexibility index (Phi) is 11.3. The predicted octanol–water partition coefficient (Wildman–Crippen LogP) is 1.92. The lowest BCUT2D eigenvalue weighted by Crippen LogP contribution is -2.20. The monoisotopic (exact) mass is 356 g/mol. The van der Waals surface area contributed by atoms with E-state index in [4.69, 9.17) is 5.11 Å². The largest absolute Gasteiger partial charge is 0.394 e. The molecule has 1 aliphatic rings. The molecule has 0 aromatic rings. The van der Waals surface area contributed by atoms with Crippen LogP contribution in [0.3, 0.4) is 0 Å². The quantitative estimate of drug-likeness (QED) is 0.272. The molecule has 0 aliphatic heterocycles. The van der Waals surface area contributed by atoms with Crippen LogP contribution in [0.1, 0.15) is 58.3 Å². The van der Waals surface area contributed by atoms with Gasteiger partial charge in [-0.2, -0.15) is 0 Å². The first-order chi connectivity index (χ1) is 12.0. The van der Waals surface area contributed by atoms with Gasteiger partial charge in [0.1, 0.15) is 0 Å². The fourth-order valence-corrected chi connectivity index (χ4v) is 3.41. The van der Waals surface area contributed by atoms with Crippen LogP contribution in [-0.4, -0.2) is 56.6 Å². The summed E-state index contributed by atoms with van der Waals surface area (Å²) in [4.78, 5) is 0. The van der Waals surface area contributed by atoms with E-state index in [-0.39, 0.29) is 18.4 Å². The smallest absolute Gasteiger partial charge is 0.0773 e. The number of rotatable bonds is 12. The summed E-state index contributed by atoms with van der Waals surface area (Å²) >= 11 is 0. The zero-order valence-corrected chi connectivity index (χ0v) is 15.4. The van der Waals surface area contributed by atoms with Gasteiger partial charge in [0.05, 0.1) is 31.0 Å². The molecule has 146 valence electrons. The van der Waals surface area contributed by atoms with Crippen molar-refractivity contribution >= 4 is 0 Å². The fourth-order valence-electron chi connectivity index (χ4n) is 3.41. The van der Waals surface area contributed by atoms with Gasteiger partial charge >= 0.3 is 0 Å². The lowest BCUT2D eigenvalue weighted by atomic mass is 9.89. The molecule has 0 aromatic carbocycles. The zero-order chi connectivity index (χ0) is 18.7. The second-order valence-electron chi connectivity index (χ2n) is 7.18. The topological polar surface area (TPSA) is 101 Å². The summed E-state index contributed by atoms with van der Waals surface area (Å²) in [6, 6.07) is 0. The van der Waals surface area contributed by atoms with E-state index in [0.717, 1.165) is 25.7 Å². The van der Waals surface area contributed by atoms with Crippen molar-refractivity contribution in [1.29, 1.82) is 0 Å². The average molecular weight is 357 g/mol. The molecule has 1 fully saturated rings. The van der Waals surface area contributed by atoms with Crippen LogP contribution < -0.4 is 0 Å². The molecule has 1 aliphatic carbocycles. The summed E-state index contributed by atoms with van der Waals surface area (Å²) in [6.45, 7) is 1.90. The minimum absolute atomic E-state index is 0.0619. The van der Waals surface area contributed by atoms with E-state index >= 15 is 0 Å². The number of aliphatic hydroxyl groups excluding tert-OH is 5. The van der Waals surface area contributed by atoms with Gasteiger partial charge in [0, 0.05) is 12.3 Å². The molecular weight excluding hydrogens is 320 g/mol. The third-order valence-corrected chi connectivity index (χ3v) is 5.03. The summed E-state index contributed by atoms with van der Waals surface area (Å²) < 4.78 is 0. The number of unbranched alkanes of at least 4 members (excludes halogenated alkanes) is 2. The minimum atomic E-state index is -0.687. The molecule has 0 amide bonds. The van der Waals surface area contributed by atoms with Crippen LogP contribution in [-0.2, 0) is 0 Å². The van der Waals surface area contributed by atoms with Crippen molar-refractivity contribution in [2.24, 2.45) is 11.8 Å². The second-order valence-corrected chi connectivity index (χ2v) is 7.18. The van der Waals surface area contributed by atoms with Crippen LogP contribution in [0, 0.1) is 11.8 Å². The van der Waals surface area contributed by atoms with Gasteiger partial charge in [-0.3, -0.25) is 0 Å². The predicted molar refractivity (Wildman–Crippen MR) is 99.0 cm³/mol. The molecule has 1 rings (SSSR count). The molecule has 5 nitrogen and oxygen atoms in total. The van der Waals surface area contributed by atoms with Crippen molar-refractivity contribution in [3.8, 4) is 0 Å². The molecule has 0 spiro atoms. The number of allylic oxidation sites excluding steroid dienone is 2. The Morgan fingerprint density at radius 3 is 2.48 bits per heavy atom. The molecule has 1 saturated carbocycles. The Morgan fingerprint density at radius 1 is 1.04 bits per heavy atom. The van der Waals surface area contributed by atoms with Crippen LogP contribution in [0.4, 0.5) is 0 Å². The molecule has 6 atom stereocenters. The van der Waals surface area contributed by atoms with E-state index in [0.29, 0.717) is 25.7 Å². The van der Waals surface area contributed by atoms with Gasteiger partial charge in [-0.05, 0) is 31.6 Å². The van der Waals surface area contributed by atoms with E-state index in [2.05, 4.69) is 6.92 Å². The normalized spacial score (nSPS) is 29.7. The van der Waals surface area contributed by atoms with Gasteiger partial charge in [-0.25, -0.2) is 0 Å². The van der Waals surface area contributed by atoms with Gasteiger partial charge in [0.2, 0.25) is 0 Å². The molecule has 5 N–H and O–H groups in total. The van der Waals surface area contributed by atoms with Gasteiger partial charge in [-0.15, -0.1) is 0 Å². The summed E-state index contributed by atoms with van der Waals surface area (Å²) in [6.07, 6.45) is 11.4. The van der Waals surface area contributed by atoms with Crippen molar-refractivity contribution in [2.45, 2.75) is 82.7 Å². The van der Waals surface area contributed by atoms with E-state index in [1.165, 1.54) is 0 Å². The van der Waals surface area contributed by atoms with Crippen LogP contribution >= 0.6 is 0 Å². The molecule has 0 heterocycles. The van der Waals surface area contributed by atoms with Gasteiger partial charge in [-0.1, -0.05) is 50.5 Å². The lowest BCUT2D eigenvalue weighted by molar-refractivity contribution is 0.0891. The minimum Gasteiger partial charge on any atom is -0.394 e. The summed E-state index contributed by atoms with van der Waals surface area (Å²) in [5.74, 6) is -0.211. The highest BCUT2D eigenvalue weighted by atomic mass is 16.3. The standard InChI is InChI=1S/C20H36O5/c1-2-3-5-8-15(22)11-12-18-17(19(24)13-20(18)25)10-7-4-6-9-16(23)14-21/h4,7,11-12,15-25H,2-3,5-6,8-10,13-14H2,1H3/b7-4-,12-11?/t15-,16?,17+,18+,19-,20+/m0/s1. The molecule has 0 saturated heterocycles. The van der Waals surface area contributed by atoms with Crippen molar-refractivity contribution in [3.63, 3.8) is 0 Å². The second kappa shape index (κ2) is 12.6. The van der Waals surface area contributed by atoms with Crippen molar-refractivity contribution in [2.75, 3.05) is 6.61 Å². The lowest BCUT2D eigenvalue weighted by Gasteiger charge is -2.19. The van der Waals surface area contributed by atoms with E-state index in [1.807, 2.05) is 18.2 Å². The maximum Gasteiger partial charge on any atom is 0.0773 e. The SMILES string of the molecule is CCCCC[C@H](O)C=C[C@@H]1[C@@H](C/C=C\CCC(O)CO)[C@@H](O)C[C@H]1O. The van der Waals surface area contributed by atoms with Crippen LogP contribution in [0.25, 0.3) is 0 Å². The molecule has 0 aromatic heterocycles. The number of aliphatic hydroxyl groups is 5. The Hall–Kier alpha value is -0.720. The Balaban J connectivity index is 2.48. The van der Waals surface area contributed by atoms with Crippen molar-refractivity contribution < 1.29 is 25.5 Å². The third kappa shape index (κ3) is 8.47. The summed E-state index contributed by atoms with van der Waals surface area (Å²) in [5, 5.41) is 48.4. The first kappa shape index (κ1) is 22.3. The Labute approximate surface area is 151 Å². The average Bonchev–Trinajstić information content (AvgIpc) is 2.85. The van der Waals surface area contributed by atoms with Gasteiger partial charge in [0.15, 0.2) is 0 Å². The fraction of sp³-hybridized carbons (Fsp3) is 0.800. The maximum atomic E-state index is 10.2. The van der Waals surface area contributed by atoms with Crippen LogP contribution in [0.15, 0.2) is 24.3 Å². The van der Waals surface area contributed by atoms with E-state index in [1.54, 1.807) is 6.08 Å². The molecule has 25 heavy (non-hydrogen) atoms. The molecule has 0 radical (unpaired) electrons. The Morgan fingerprint density at radius 2 is 1.80 bits per heavy atom.